The molecular weight excluding hydrogens is 242 g/mol. The quantitative estimate of drug-likeness (QED) is 0.894. The van der Waals surface area contributed by atoms with Crippen molar-refractivity contribution in [3.63, 3.8) is 0 Å². The summed E-state index contributed by atoms with van der Waals surface area (Å²) in [6.07, 6.45) is 0. The number of hydrogen-bond donors (Lipinski definition) is 1. The van der Waals surface area contributed by atoms with Crippen LogP contribution in [0.15, 0.2) is 18.2 Å². The van der Waals surface area contributed by atoms with E-state index in [1.165, 1.54) is 23.5 Å². The summed E-state index contributed by atoms with van der Waals surface area (Å²) >= 11 is 1.45. The van der Waals surface area contributed by atoms with Crippen LogP contribution in [0.25, 0.3) is 0 Å². The second-order valence-electron chi connectivity index (χ2n) is 3.86. The first-order chi connectivity index (χ1) is 7.97. The Bertz CT molecular complexity index is 531. The van der Waals surface area contributed by atoms with Crippen molar-refractivity contribution in [2.75, 3.05) is 0 Å². The third kappa shape index (κ3) is 2.50. The van der Waals surface area contributed by atoms with Gasteiger partial charge >= 0.3 is 0 Å². The zero-order chi connectivity index (χ0) is 12.6. The molecule has 0 fully saturated rings. The van der Waals surface area contributed by atoms with Crippen LogP contribution in [0.4, 0.5) is 8.78 Å². The maximum Gasteiger partial charge on any atom is 0.126 e. The molecule has 2 nitrogen and oxygen atoms in total. The molecule has 1 aromatic carbocycles. The van der Waals surface area contributed by atoms with E-state index in [1.54, 1.807) is 0 Å². The summed E-state index contributed by atoms with van der Waals surface area (Å²) in [5, 5.41) is 0.893. The van der Waals surface area contributed by atoms with Crippen LogP contribution in [0, 0.1) is 25.5 Å². The predicted molar refractivity (Wildman–Crippen MR) is 64.0 cm³/mol. The van der Waals surface area contributed by atoms with Crippen LogP contribution in [0.5, 0.6) is 0 Å². The first-order valence-corrected chi connectivity index (χ1v) is 5.94. The predicted octanol–water partition coefficient (Wildman–Crippen LogP) is 3.09. The van der Waals surface area contributed by atoms with Crippen molar-refractivity contribution >= 4 is 11.3 Å². The van der Waals surface area contributed by atoms with Crippen LogP contribution in [0.1, 0.15) is 27.2 Å². The number of thiazole rings is 1. The Hall–Kier alpha value is -1.33. The Morgan fingerprint density at radius 2 is 1.76 bits per heavy atom. The van der Waals surface area contributed by atoms with Gasteiger partial charge in [0.2, 0.25) is 0 Å². The van der Waals surface area contributed by atoms with Gasteiger partial charge in [-0.2, -0.15) is 0 Å². The number of nitrogens with two attached hydrogens (primary N) is 1. The van der Waals surface area contributed by atoms with Gasteiger partial charge in [0.1, 0.15) is 11.6 Å². The van der Waals surface area contributed by atoms with Gasteiger partial charge in [-0.3, -0.25) is 0 Å². The zero-order valence-corrected chi connectivity index (χ0v) is 10.3. The molecule has 1 aromatic heterocycles. The van der Waals surface area contributed by atoms with Crippen LogP contribution in [-0.2, 0) is 0 Å². The first kappa shape index (κ1) is 12.1. The highest BCUT2D eigenvalue weighted by atomic mass is 32.1. The number of hydrogen-bond acceptors (Lipinski definition) is 3. The van der Waals surface area contributed by atoms with Crippen molar-refractivity contribution in [1.29, 1.82) is 0 Å². The topological polar surface area (TPSA) is 38.9 Å². The highest BCUT2D eigenvalue weighted by molar-refractivity contribution is 7.11. The smallest absolute Gasteiger partial charge is 0.126 e. The Morgan fingerprint density at radius 1 is 1.18 bits per heavy atom. The molecule has 1 atom stereocenters. The number of nitrogens with zero attached hydrogens (tertiary/aromatic N) is 1. The monoisotopic (exact) mass is 254 g/mol. The summed E-state index contributed by atoms with van der Waals surface area (Å²) in [7, 11) is 0. The fourth-order valence-corrected chi connectivity index (χ4v) is 2.70. The zero-order valence-electron chi connectivity index (χ0n) is 9.50. The van der Waals surface area contributed by atoms with Crippen LogP contribution in [-0.4, -0.2) is 4.98 Å². The fraction of sp³-hybridized carbons (Fsp3) is 0.250. The molecule has 17 heavy (non-hydrogen) atoms. The molecule has 0 spiro atoms. The van der Waals surface area contributed by atoms with E-state index in [0.717, 1.165) is 21.6 Å². The molecule has 0 amide bonds. The molecule has 2 N–H and O–H groups in total. The van der Waals surface area contributed by atoms with Crippen LogP contribution in [0.2, 0.25) is 0 Å². The molecule has 0 bridgehead atoms. The van der Waals surface area contributed by atoms with Gasteiger partial charge in [-0.1, -0.05) is 0 Å². The van der Waals surface area contributed by atoms with E-state index >= 15 is 0 Å². The average Bonchev–Trinajstić information content (AvgIpc) is 2.55. The minimum atomic E-state index is -0.616. The van der Waals surface area contributed by atoms with Gasteiger partial charge < -0.3 is 5.73 Å². The number of benzene rings is 1. The van der Waals surface area contributed by atoms with E-state index < -0.39 is 17.7 Å². The number of halogens is 2. The lowest BCUT2D eigenvalue weighted by molar-refractivity contribution is 0.577. The van der Waals surface area contributed by atoms with E-state index in [1.807, 2.05) is 13.8 Å². The first-order valence-electron chi connectivity index (χ1n) is 5.13. The Kier molecular flexibility index (Phi) is 3.22. The molecule has 0 radical (unpaired) electrons. The van der Waals surface area contributed by atoms with Crippen molar-refractivity contribution in [2.45, 2.75) is 19.9 Å². The minimum Gasteiger partial charge on any atom is -0.320 e. The van der Waals surface area contributed by atoms with Crippen molar-refractivity contribution in [1.82, 2.24) is 4.98 Å². The van der Waals surface area contributed by atoms with Crippen LogP contribution >= 0.6 is 11.3 Å². The highest BCUT2D eigenvalue weighted by Gasteiger charge is 2.16. The summed E-state index contributed by atoms with van der Waals surface area (Å²) in [4.78, 5) is 5.09. The van der Waals surface area contributed by atoms with E-state index in [9.17, 15) is 8.78 Å². The lowest BCUT2D eigenvalue weighted by atomic mass is 10.1. The molecular formula is C12H12F2N2S. The maximum absolute atomic E-state index is 13.1. The Morgan fingerprint density at radius 3 is 2.24 bits per heavy atom. The van der Waals surface area contributed by atoms with Gasteiger partial charge in [0.15, 0.2) is 0 Å². The van der Waals surface area contributed by atoms with Gasteiger partial charge in [-0.15, -0.1) is 11.3 Å². The van der Waals surface area contributed by atoms with Crippen molar-refractivity contribution in [2.24, 2.45) is 5.73 Å². The normalized spacial score (nSPS) is 12.8. The second kappa shape index (κ2) is 4.50. The molecule has 0 aliphatic rings. The van der Waals surface area contributed by atoms with Gasteiger partial charge in [0, 0.05) is 10.9 Å². The maximum atomic E-state index is 13.1. The van der Waals surface area contributed by atoms with Crippen molar-refractivity contribution in [3.8, 4) is 0 Å². The second-order valence-corrected chi connectivity index (χ2v) is 5.10. The molecule has 0 aliphatic heterocycles. The lowest BCUT2D eigenvalue weighted by Crippen LogP contribution is -2.12. The minimum absolute atomic E-state index is 0.425. The summed E-state index contributed by atoms with van der Waals surface area (Å²) < 4.78 is 26.2. The van der Waals surface area contributed by atoms with E-state index in [2.05, 4.69) is 4.98 Å². The molecule has 90 valence electrons. The lowest BCUT2D eigenvalue weighted by Gasteiger charge is -2.11. The molecule has 0 saturated heterocycles. The number of aryl methyl sites for hydroxylation is 2. The number of aromatic nitrogens is 1. The highest BCUT2D eigenvalue weighted by Crippen LogP contribution is 2.28. The average molecular weight is 254 g/mol. The van der Waals surface area contributed by atoms with Crippen molar-refractivity contribution in [3.05, 3.63) is 51.0 Å². The van der Waals surface area contributed by atoms with Gasteiger partial charge in [0.05, 0.1) is 16.7 Å². The van der Waals surface area contributed by atoms with Crippen LogP contribution in [0.3, 0.4) is 0 Å². The van der Waals surface area contributed by atoms with E-state index in [0.29, 0.717) is 5.56 Å². The van der Waals surface area contributed by atoms with E-state index in [4.69, 9.17) is 5.73 Å². The molecule has 1 unspecified atom stereocenters. The third-order valence-electron chi connectivity index (χ3n) is 2.47. The molecule has 2 rings (SSSR count). The standard InChI is InChI=1S/C12H12F2N2S/c1-6-12(17-7(2)16-6)11(15)8-3-9(13)5-10(14)4-8/h3-5,11H,15H2,1-2H3. The van der Waals surface area contributed by atoms with Crippen LogP contribution < -0.4 is 5.73 Å². The summed E-state index contributed by atoms with van der Waals surface area (Å²) in [6.45, 7) is 3.72. The SMILES string of the molecule is Cc1nc(C)c(C(N)c2cc(F)cc(F)c2)s1. The summed E-state index contributed by atoms with van der Waals surface area (Å²) in [6, 6.07) is 2.80. The van der Waals surface area contributed by atoms with Gasteiger partial charge in [-0.05, 0) is 31.5 Å². The Labute approximate surface area is 102 Å². The number of rotatable bonds is 2. The molecule has 5 heteroatoms. The van der Waals surface area contributed by atoms with Gasteiger partial charge in [0.25, 0.3) is 0 Å². The molecule has 0 aliphatic carbocycles. The summed E-state index contributed by atoms with van der Waals surface area (Å²) in [5.41, 5.74) is 7.24. The van der Waals surface area contributed by atoms with E-state index in [-0.39, 0.29) is 0 Å². The van der Waals surface area contributed by atoms with Gasteiger partial charge in [-0.25, -0.2) is 13.8 Å². The Balaban J connectivity index is 2.43. The molecule has 1 heterocycles. The summed E-state index contributed by atoms with van der Waals surface area (Å²) in [5.74, 6) is -1.23. The van der Waals surface area contributed by atoms with Crippen molar-refractivity contribution < 1.29 is 8.78 Å². The largest absolute Gasteiger partial charge is 0.320 e. The molecule has 2 aromatic rings. The third-order valence-corrected chi connectivity index (χ3v) is 3.62. The molecule has 0 saturated carbocycles. The fourth-order valence-electron chi connectivity index (χ4n) is 1.74.